The fourth-order valence-electron chi connectivity index (χ4n) is 2.98. The Morgan fingerprint density at radius 3 is 2.55 bits per heavy atom. The smallest absolute Gasteiger partial charge is 0.336 e. The van der Waals surface area contributed by atoms with Crippen LogP contribution < -0.4 is 15.7 Å². The van der Waals surface area contributed by atoms with Crippen LogP contribution in [0.3, 0.4) is 0 Å². The highest BCUT2D eigenvalue weighted by molar-refractivity contribution is 5.86. The normalized spacial score (nSPS) is 12.9. The van der Waals surface area contributed by atoms with Crippen molar-refractivity contribution < 1.29 is 23.8 Å². The van der Waals surface area contributed by atoms with Crippen molar-refractivity contribution in [1.29, 1.82) is 0 Å². The molecule has 0 aliphatic rings. The number of benzene rings is 2. The lowest BCUT2D eigenvalue weighted by molar-refractivity contribution is -0.142. The standard InChI is InChI=1S/C22H21NO6/c1-13-10-20(24)29-19-12-16(8-9-17(13)19)28-14(2)21(25)23-18(22(26)27)11-15-6-4-3-5-7-15/h3-10,12,14,18H,11H2,1-2H3,(H,23,25)(H,26,27)/t14-,18-/m0/s1. The van der Waals surface area contributed by atoms with Gasteiger partial charge in [0.25, 0.3) is 5.91 Å². The average molecular weight is 395 g/mol. The Morgan fingerprint density at radius 2 is 1.86 bits per heavy atom. The predicted octanol–water partition coefficient (Wildman–Crippen LogP) is 2.68. The zero-order valence-electron chi connectivity index (χ0n) is 16.0. The van der Waals surface area contributed by atoms with E-state index in [-0.39, 0.29) is 6.42 Å². The number of carbonyl (C=O) groups excluding carboxylic acids is 1. The number of ether oxygens (including phenoxy) is 1. The fraction of sp³-hybridized carbons (Fsp3) is 0.227. The van der Waals surface area contributed by atoms with Gasteiger partial charge in [0.1, 0.15) is 17.4 Å². The summed E-state index contributed by atoms with van der Waals surface area (Å²) >= 11 is 0. The molecule has 0 fully saturated rings. The Kier molecular flexibility index (Phi) is 5.97. The summed E-state index contributed by atoms with van der Waals surface area (Å²) in [5, 5.41) is 12.7. The third-order valence-corrected chi connectivity index (χ3v) is 4.50. The van der Waals surface area contributed by atoms with Crippen molar-refractivity contribution in [3.05, 3.63) is 76.1 Å². The molecule has 0 unspecified atom stereocenters. The van der Waals surface area contributed by atoms with Crippen molar-refractivity contribution in [3.63, 3.8) is 0 Å². The summed E-state index contributed by atoms with van der Waals surface area (Å²) in [6.07, 6.45) is -0.781. The molecule has 2 aromatic carbocycles. The Bertz CT molecular complexity index is 1090. The minimum Gasteiger partial charge on any atom is -0.481 e. The van der Waals surface area contributed by atoms with Gasteiger partial charge >= 0.3 is 11.6 Å². The van der Waals surface area contributed by atoms with Gasteiger partial charge in [0, 0.05) is 23.9 Å². The zero-order chi connectivity index (χ0) is 21.0. The van der Waals surface area contributed by atoms with Gasteiger partial charge < -0.3 is 19.6 Å². The van der Waals surface area contributed by atoms with E-state index < -0.39 is 29.6 Å². The van der Waals surface area contributed by atoms with E-state index in [2.05, 4.69) is 5.32 Å². The van der Waals surface area contributed by atoms with Gasteiger partial charge in [-0.1, -0.05) is 30.3 Å². The summed E-state index contributed by atoms with van der Waals surface area (Å²) in [5.41, 5.74) is 1.46. The van der Waals surface area contributed by atoms with E-state index in [0.717, 1.165) is 16.5 Å². The summed E-state index contributed by atoms with van der Waals surface area (Å²) in [7, 11) is 0. The molecule has 2 N–H and O–H groups in total. The van der Waals surface area contributed by atoms with Gasteiger partial charge in [0.2, 0.25) is 0 Å². The Balaban J connectivity index is 1.70. The highest BCUT2D eigenvalue weighted by atomic mass is 16.5. The molecule has 7 nitrogen and oxygen atoms in total. The van der Waals surface area contributed by atoms with Crippen molar-refractivity contribution in [1.82, 2.24) is 5.32 Å². The van der Waals surface area contributed by atoms with Crippen LogP contribution in [-0.4, -0.2) is 29.1 Å². The largest absolute Gasteiger partial charge is 0.481 e. The molecule has 0 aliphatic carbocycles. The number of amides is 1. The summed E-state index contributed by atoms with van der Waals surface area (Å²) in [4.78, 5) is 35.5. The van der Waals surface area contributed by atoms with Crippen LogP contribution in [0.4, 0.5) is 0 Å². The van der Waals surface area contributed by atoms with Crippen molar-refractivity contribution in [2.75, 3.05) is 0 Å². The number of nitrogens with one attached hydrogen (secondary N) is 1. The van der Waals surface area contributed by atoms with Gasteiger partial charge in [0.05, 0.1) is 0 Å². The molecular formula is C22H21NO6. The van der Waals surface area contributed by atoms with Gasteiger partial charge in [-0.3, -0.25) is 4.79 Å². The Labute approximate surface area is 166 Å². The van der Waals surface area contributed by atoms with Crippen LogP contribution in [0.5, 0.6) is 5.75 Å². The summed E-state index contributed by atoms with van der Waals surface area (Å²) in [5.74, 6) is -1.35. The predicted molar refractivity (Wildman–Crippen MR) is 107 cm³/mol. The van der Waals surface area contributed by atoms with Gasteiger partial charge in [-0.25, -0.2) is 9.59 Å². The molecule has 29 heavy (non-hydrogen) atoms. The van der Waals surface area contributed by atoms with Crippen LogP contribution in [0.15, 0.2) is 63.8 Å². The van der Waals surface area contributed by atoms with Gasteiger partial charge in [-0.05, 0) is 37.1 Å². The zero-order valence-corrected chi connectivity index (χ0v) is 16.0. The number of carboxylic acids is 1. The second-order valence-electron chi connectivity index (χ2n) is 6.76. The topological polar surface area (TPSA) is 106 Å². The minimum absolute atomic E-state index is 0.162. The summed E-state index contributed by atoms with van der Waals surface area (Å²) in [6.45, 7) is 3.32. The molecule has 0 bridgehead atoms. The number of hydrogen-bond donors (Lipinski definition) is 2. The lowest BCUT2D eigenvalue weighted by atomic mass is 10.1. The first-order chi connectivity index (χ1) is 13.8. The number of carbonyl (C=O) groups is 2. The number of fused-ring (bicyclic) bond motifs is 1. The van der Waals surface area contributed by atoms with E-state index in [0.29, 0.717) is 11.3 Å². The van der Waals surface area contributed by atoms with E-state index in [1.165, 1.54) is 19.1 Å². The third kappa shape index (κ3) is 5.01. The number of aliphatic carboxylic acids is 1. The first-order valence-electron chi connectivity index (χ1n) is 9.12. The van der Waals surface area contributed by atoms with Crippen LogP contribution in [0, 0.1) is 6.92 Å². The van der Waals surface area contributed by atoms with Gasteiger partial charge in [-0.2, -0.15) is 0 Å². The number of carboxylic acid groups (broad SMARTS) is 1. The first-order valence-corrected chi connectivity index (χ1v) is 9.12. The molecule has 150 valence electrons. The van der Waals surface area contributed by atoms with Crippen molar-refractivity contribution in [2.24, 2.45) is 0 Å². The molecule has 1 heterocycles. The summed E-state index contributed by atoms with van der Waals surface area (Å²) in [6, 6.07) is 14.3. The molecule has 0 spiro atoms. The fourth-order valence-corrected chi connectivity index (χ4v) is 2.98. The molecule has 3 aromatic rings. The lowest BCUT2D eigenvalue weighted by Gasteiger charge is -2.19. The molecule has 0 aliphatic heterocycles. The van der Waals surface area contributed by atoms with Crippen LogP contribution >= 0.6 is 0 Å². The highest BCUT2D eigenvalue weighted by Crippen LogP contribution is 2.23. The van der Waals surface area contributed by atoms with E-state index >= 15 is 0 Å². The monoisotopic (exact) mass is 395 g/mol. The van der Waals surface area contributed by atoms with E-state index in [4.69, 9.17) is 9.15 Å². The maximum atomic E-state index is 12.5. The van der Waals surface area contributed by atoms with Crippen LogP contribution in [0.25, 0.3) is 11.0 Å². The molecular weight excluding hydrogens is 374 g/mol. The quantitative estimate of drug-likeness (QED) is 0.596. The maximum Gasteiger partial charge on any atom is 0.336 e. The van der Waals surface area contributed by atoms with Crippen LogP contribution in [0.2, 0.25) is 0 Å². The second kappa shape index (κ2) is 8.60. The molecule has 0 radical (unpaired) electrons. The molecule has 0 saturated carbocycles. The first kappa shape index (κ1) is 20.1. The van der Waals surface area contributed by atoms with Crippen LogP contribution in [-0.2, 0) is 16.0 Å². The van der Waals surface area contributed by atoms with E-state index in [1.807, 2.05) is 18.2 Å². The molecule has 2 atom stereocenters. The number of rotatable bonds is 7. The van der Waals surface area contributed by atoms with Crippen molar-refractivity contribution in [3.8, 4) is 5.75 Å². The van der Waals surface area contributed by atoms with Gasteiger partial charge in [-0.15, -0.1) is 0 Å². The van der Waals surface area contributed by atoms with Gasteiger partial charge in [0.15, 0.2) is 6.10 Å². The summed E-state index contributed by atoms with van der Waals surface area (Å²) < 4.78 is 10.8. The molecule has 3 rings (SSSR count). The van der Waals surface area contributed by atoms with Crippen LogP contribution in [0.1, 0.15) is 18.1 Å². The lowest BCUT2D eigenvalue weighted by Crippen LogP contribution is -2.47. The van der Waals surface area contributed by atoms with Crippen molar-refractivity contribution in [2.45, 2.75) is 32.4 Å². The van der Waals surface area contributed by atoms with E-state index in [9.17, 15) is 19.5 Å². The molecule has 1 aromatic heterocycles. The molecule has 0 saturated heterocycles. The average Bonchev–Trinajstić information content (AvgIpc) is 2.67. The maximum absolute atomic E-state index is 12.5. The SMILES string of the molecule is Cc1cc(=O)oc2cc(O[C@@H](C)C(=O)N[C@@H](Cc3ccccc3)C(=O)O)ccc12. The Hall–Kier alpha value is -3.61. The molecule has 7 heteroatoms. The third-order valence-electron chi connectivity index (χ3n) is 4.50. The van der Waals surface area contributed by atoms with E-state index in [1.54, 1.807) is 31.2 Å². The molecule has 1 amide bonds. The second-order valence-corrected chi connectivity index (χ2v) is 6.76. The number of aryl methyl sites for hydroxylation is 1. The highest BCUT2D eigenvalue weighted by Gasteiger charge is 2.24. The minimum atomic E-state index is -1.13. The number of hydrogen-bond acceptors (Lipinski definition) is 5. The van der Waals surface area contributed by atoms with Crippen molar-refractivity contribution >= 4 is 22.8 Å². The Morgan fingerprint density at radius 1 is 1.14 bits per heavy atom.